The number of methoxy groups -OCH3 is 1. The van der Waals surface area contributed by atoms with Crippen LogP contribution < -0.4 is 0 Å². The summed E-state index contributed by atoms with van der Waals surface area (Å²) in [4.78, 5) is 0. The summed E-state index contributed by atoms with van der Waals surface area (Å²) >= 11 is 0. The molecule has 2 saturated heterocycles. The van der Waals surface area contributed by atoms with Gasteiger partial charge in [-0.25, -0.2) is 0 Å². The predicted octanol–water partition coefficient (Wildman–Crippen LogP) is -3.47. The smallest absolute Gasteiger partial charge is 0.186 e. The van der Waals surface area contributed by atoms with Crippen LogP contribution >= 0.6 is 0 Å². The Morgan fingerprint density at radius 1 is 0.920 bits per heavy atom. The Morgan fingerprint density at radius 3 is 2.16 bits per heavy atom. The Balaban J connectivity index is 1.74. The van der Waals surface area contributed by atoms with Gasteiger partial charge in [0.2, 0.25) is 0 Å². The summed E-state index contributed by atoms with van der Waals surface area (Å²) in [5, 5.41) is 59.7. The quantitative estimate of drug-likeness (QED) is 0.289. The van der Waals surface area contributed by atoms with E-state index in [4.69, 9.17) is 18.9 Å². The van der Waals surface area contributed by atoms with E-state index >= 15 is 0 Å². The molecule has 1 aliphatic carbocycles. The summed E-state index contributed by atoms with van der Waals surface area (Å²) in [7, 11) is 1.28. The fraction of sp³-hybridized carbons (Fsp3) is 1.00. The fourth-order valence-corrected chi connectivity index (χ4v) is 3.98. The van der Waals surface area contributed by atoms with Crippen molar-refractivity contribution in [3.8, 4) is 0 Å². The largest absolute Gasteiger partial charge is 0.394 e. The van der Waals surface area contributed by atoms with Crippen molar-refractivity contribution in [3.63, 3.8) is 0 Å². The van der Waals surface area contributed by atoms with Gasteiger partial charge in [-0.3, -0.25) is 0 Å². The van der Waals surface area contributed by atoms with Crippen molar-refractivity contribution >= 4 is 0 Å². The lowest BCUT2D eigenvalue weighted by atomic mass is 9.93. The number of fused-ring (bicyclic) bond motifs is 1. The molecule has 0 bridgehead atoms. The number of aliphatic hydroxyl groups excluding tert-OH is 6. The van der Waals surface area contributed by atoms with Gasteiger partial charge in [-0.15, -0.1) is 0 Å². The SMILES string of the molecule is CO[C@@H]1OC(CO)[C@@H](OC2OC(CO)C3(C)C(O)C3[C@@H]2O)C(O)C1O. The van der Waals surface area contributed by atoms with Gasteiger partial charge in [-0.05, 0) is 0 Å². The standard InChI is InChI=1S/C15H26O10/c1-15-6(4-17)24-14(8(18)7(15)12(15)21)25-11-5(3-16)23-13(22-2)10(20)9(11)19/h5-14,16-21H,3-4H2,1-2H3/t5?,6?,7?,8-,9?,10?,11+,12?,13+,14?,15?/m0/s1. The minimum absolute atomic E-state index is 0.377. The first-order valence-electron chi connectivity index (χ1n) is 8.24. The molecule has 2 heterocycles. The maximum atomic E-state index is 10.4. The zero-order valence-electron chi connectivity index (χ0n) is 14.0. The molecule has 1 saturated carbocycles. The molecule has 0 aromatic rings. The van der Waals surface area contributed by atoms with Crippen LogP contribution in [0.2, 0.25) is 0 Å². The van der Waals surface area contributed by atoms with Crippen LogP contribution in [-0.2, 0) is 18.9 Å². The van der Waals surface area contributed by atoms with E-state index in [-0.39, 0.29) is 6.61 Å². The third-order valence-electron chi connectivity index (χ3n) is 5.74. The molecule has 146 valence electrons. The van der Waals surface area contributed by atoms with E-state index in [9.17, 15) is 30.6 Å². The highest BCUT2D eigenvalue weighted by atomic mass is 16.7. The normalized spacial score (nSPS) is 55.7. The topological polar surface area (TPSA) is 158 Å². The summed E-state index contributed by atoms with van der Waals surface area (Å²) in [6.45, 7) is 0.799. The molecule has 25 heavy (non-hydrogen) atoms. The molecule has 0 aromatic carbocycles. The van der Waals surface area contributed by atoms with Crippen molar-refractivity contribution in [1.29, 1.82) is 0 Å². The average molecular weight is 366 g/mol. The van der Waals surface area contributed by atoms with E-state index in [1.54, 1.807) is 6.92 Å². The van der Waals surface area contributed by atoms with Crippen LogP contribution in [0.1, 0.15) is 6.92 Å². The molecule has 6 N–H and O–H groups in total. The Morgan fingerprint density at radius 2 is 1.60 bits per heavy atom. The molecule has 3 rings (SSSR count). The van der Waals surface area contributed by atoms with Crippen LogP contribution in [0.4, 0.5) is 0 Å². The van der Waals surface area contributed by atoms with Gasteiger partial charge in [-0.1, -0.05) is 6.92 Å². The van der Waals surface area contributed by atoms with Crippen LogP contribution in [0.3, 0.4) is 0 Å². The molecular formula is C15H26O10. The van der Waals surface area contributed by atoms with Gasteiger partial charge in [0.15, 0.2) is 12.6 Å². The van der Waals surface area contributed by atoms with Crippen LogP contribution in [0.25, 0.3) is 0 Å². The molecule has 0 radical (unpaired) electrons. The van der Waals surface area contributed by atoms with Crippen LogP contribution in [0, 0.1) is 11.3 Å². The molecule has 2 aliphatic heterocycles. The molecule has 3 fully saturated rings. The molecule has 0 spiro atoms. The number of aliphatic hydroxyl groups is 6. The maximum absolute atomic E-state index is 10.4. The second kappa shape index (κ2) is 6.97. The zero-order chi connectivity index (χ0) is 18.5. The van der Waals surface area contributed by atoms with Crippen LogP contribution in [0.15, 0.2) is 0 Å². The Bertz CT molecular complexity index is 471. The van der Waals surface area contributed by atoms with Gasteiger partial charge in [0, 0.05) is 18.4 Å². The number of hydrogen-bond donors (Lipinski definition) is 6. The monoisotopic (exact) mass is 366 g/mol. The summed E-state index contributed by atoms with van der Waals surface area (Å²) < 4.78 is 21.4. The molecule has 3 aliphatic rings. The van der Waals surface area contributed by atoms with Crippen molar-refractivity contribution < 1.29 is 49.6 Å². The number of hydrogen-bond acceptors (Lipinski definition) is 10. The maximum Gasteiger partial charge on any atom is 0.186 e. The summed E-state index contributed by atoms with van der Waals surface area (Å²) in [6.07, 6.45) is -10.3. The van der Waals surface area contributed by atoms with Crippen molar-refractivity contribution in [2.45, 2.75) is 62.2 Å². The Labute approximate surface area is 144 Å². The average Bonchev–Trinajstić information content (AvgIpc) is 3.17. The van der Waals surface area contributed by atoms with E-state index in [0.29, 0.717) is 0 Å². The summed E-state index contributed by atoms with van der Waals surface area (Å²) in [5.74, 6) is -0.547. The highest BCUT2D eigenvalue weighted by Gasteiger charge is 2.72. The van der Waals surface area contributed by atoms with Gasteiger partial charge in [0.05, 0.1) is 25.4 Å². The lowest BCUT2D eigenvalue weighted by Gasteiger charge is -2.44. The molecule has 8 unspecified atom stereocenters. The van der Waals surface area contributed by atoms with Gasteiger partial charge in [-0.2, -0.15) is 0 Å². The second-order valence-electron chi connectivity index (χ2n) is 7.05. The zero-order valence-corrected chi connectivity index (χ0v) is 14.0. The first-order valence-corrected chi connectivity index (χ1v) is 8.24. The van der Waals surface area contributed by atoms with E-state index in [0.717, 1.165) is 0 Å². The molecule has 10 nitrogen and oxygen atoms in total. The third kappa shape index (κ3) is 2.90. The van der Waals surface area contributed by atoms with Gasteiger partial charge in [0.1, 0.15) is 30.5 Å². The minimum Gasteiger partial charge on any atom is -0.394 e. The lowest BCUT2D eigenvalue weighted by molar-refractivity contribution is -0.344. The second-order valence-corrected chi connectivity index (χ2v) is 7.05. The highest BCUT2D eigenvalue weighted by molar-refractivity contribution is 5.18. The van der Waals surface area contributed by atoms with Crippen molar-refractivity contribution in [2.24, 2.45) is 11.3 Å². The van der Waals surface area contributed by atoms with E-state index in [1.807, 2.05) is 0 Å². The number of ether oxygens (including phenoxy) is 4. The Hall–Kier alpha value is -0.400. The van der Waals surface area contributed by atoms with E-state index in [1.165, 1.54) is 7.11 Å². The molecule has 10 heteroatoms. The van der Waals surface area contributed by atoms with Crippen LogP contribution in [0.5, 0.6) is 0 Å². The molecule has 0 amide bonds. The van der Waals surface area contributed by atoms with Gasteiger partial charge in [0.25, 0.3) is 0 Å². The summed E-state index contributed by atoms with van der Waals surface area (Å²) in [6, 6.07) is 0. The predicted molar refractivity (Wildman–Crippen MR) is 79.0 cm³/mol. The highest BCUT2D eigenvalue weighted by Crippen LogP contribution is 2.61. The lowest BCUT2D eigenvalue weighted by Crippen LogP contribution is -2.62. The molecular weight excluding hydrogens is 340 g/mol. The number of rotatable bonds is 5. The first kappa shape index (κ1) is 19.4. The fourth-order valence-electron chi connectivity index (χ4n) is 3.98. The van der Waals surface area contributed by atoms with Crippen molar-refractivity contribution in [2.75, 3.05) is 20.3 Å². The molecule has 11 atom stereocenters. The van der Waals surface area contributed by atoms with Crippen molar-refractivity contribution in [1.82, 2.24) is 0 Å². The van der Waals surface area contributed by atoms with E-state index < -0.39 is 73.2 Å². The Kier molecular flexibility index (Phi) is 5.40. The first-order chi connectivity index (χ1) is 11.8. The van der Waals surface area contributed by atoms with Gasteiger partial charge < -0.3 is 49.6 Å². The minimum atomic E-state index is -1.46. The van der Waals surface area contributed by atoms with Crippen LogP contribution in [-0.4, -0.2) is 106 Å². The van der Waals surface area contributed by atoms with E-state index in [2.05, 4.69) is 0 Å². The molecule has 0 aromatic heterocycles. The third-order valence-corrected chi connectivity index (χ3v) is 5.74. The van der Waals surface area contributed by atoms with Gasteiger partial charge >= 0.3 is 0 Å². The van der Waals surface area contributed by atoms with Crippen molar-refractivity contribution in [3.05, 3.63) is 0 Å². The summed E-state index contributed by atoms with van der Waals surface area (Å²) in [5.41, 5.74) is -0.771.